The third-order valence-electron chi connectivity index (χ3n) is 3.22. The molecule has 7 heteroatoms. The lowest BCUT2D eigenvalue weighted by atomic mass is 10.3. The standard InChI is InChI=1S/C14H20N2O4S/c1-10-8-15-16-9-12(20-6-5-17)13(7-11(10)16)21(18,19)14(2,3)4/h7-9,17H,5-6H2,1-4H3. The maximum absolute atomic E-state index is 12.7. The Bertz CT molecular complexity index is 757. The van der Waals surface area contributed by atoms with Crippen LogP contribution in [-0.4, -0.2) is 41.1 Å². The summed E-state index contributed by atoms with van der Waals surface area (Å²) >= 11 is 0. The van der Waals surface area contributed by atoms with Gasteiger partial charge in [-0.15, -0.1) is 0 Å². The molecule has 1 N–H and O–H groups in total. The van der Waals surface area contributed by atoms with E-state index in [1.807, 2.05) is 6.92 Å². The number of rotatable bonds is 4. The molecule has 2 rings (SSSR count). The van der Waals surface area contributed by atoms with Gasteiger partial charge in [-0.25, -0.2) is 12.9 Å². The first-order valence-corrected chi connectivity index (χ1v) is 8.13. The number of hydrogen-bond acceptors (Lipinski definition) is 5. The molecule has 0 saturated heterocycles. The van der Waals surface area contributed by atoms with Crippen molar-refractivity contribution >= 4 is 15.4 Å². The predicted molar refractivity (Wildman–Crippen MR) is 79.4 cm³/mol. The van der Waals surface area contributed by atoms with Crippen molar-refractivity contribution in [1.29, 1.82) is 0 Å². The van der Waals surface area contributed by atoms with E-state index in [0.29, 0.717) is 5.52 Å². The van der Waals surface area contributed by atoms with Gasteiger partial charge in [-0.2, -0.15) is 5.10 Å². The summed E-state index contributed by atoms with van der Waals surface area (Å²) in [5.41, 5.74) is 1.60. The lowest BCUT2D eigenvalue weighted by molar-refractivity contribution is 0.197. The van der Waals surface area contributed by atoms with E-state index < -0.39 is 14.6 Å². The van der Waals surface area contributed by atoms with E-state index in [1.165, 1.54) is 6.20 Å². The molecule has 0 unspecified atom stereocenters. The van der Waals surface area contributed by atoms with E-state index in [2.05, 4.69) is 5.10 Å². The van der Waals surface area contributed by atoms with Crippen LogP contribution >= 0.6 is 0 Å². The van der Waals surface area contributed by atoms with Gasteiger partial charge in [0.05, 0.1) is 29.3 Å². The molecule has 0 aromatic carbocycles. The van der Waals surface area contributed by atoms with Crippen LogP contribution in [0.3, 0.4) is 0 Å². The van der Waals surface area contributed by atoms with E-state index >= 15 is 0 Å². The van der Waals surface area contributed by atoms with E-state index in [-0.39, 0.29) is 23.9 Å². The van der Waals surface area contributed by atoms with E-state index in [4.69, 9.17) is 9.84 Å². The molecule has 0 amide bonds. The second-order valence-corrected chi connectivity index (χ2v) is 8.52. The van der Waals surface area contributed by atoms with Crippen molar-refractivity contribution < 1.29 is 18.3 Å². The molecule has 6 nitrogen and oxygen atoms in total. The van der Waals surface area contributed by atoms with Gasteiger partial charge >= 0.3 is 0 Å². The normalized spacial score (nSPS) is 12.8. The third kappa shape index (κ3) is 2.75. The lowest BCUT2D eigenvalue weighted by Gasteiger charge is -2.21. The molecule has 116 valence electrons. The summed E-state index contributed by atoms with van der Waals surface area (Å²) in [5, 5.41) is 13.1. The van der Waals surface area contributed by atoms with Crippen molar-refractivity contribution in [1.82, 2.24) is 9.61 Å². The quantitative estimate of drug-likeness (QED) is 0.927. The van der Waals surface area contributed by atoms with Crippen LogP contribution in [0.2, 0.25) is 0 Å². The summed E-state index contributed by atoms with van der Waals surface area (Å²) in [5.74, 6) is 0.203. The summed E-state index contributed by atoms with van der Waals surface area (Å²) in [4.78, 5) is 0.125. The number of hydrogen-bond donors (Lipinski definition) is 1. The predicted octanol–water partition coefficient (Wildman–Crippen LogP) is 1.59. The second kappa shape index (κ2) is 5.31. The molecule has 2 aromatic rings. The Morgan fingerprint density at radius 2 is 2.05 bits per heavy atom. The van der Waals surface area contributed by atoms with Crippen LogP contribution in [0.5, 0.6) is 5.75 Å². The van der Waals surface area contributed by atoms with Crippen LogP contribution in [0.4, 0.5) is 0 Å². The first-order chi connectivity index (χ1) is 9.68. The molecule has 0 fully saturated rings. The fourth-order valence-electron chi connectivity index (χ4n) is 1.91. The van der Waals surface area contributed by atoms with Crippen molar-refractivity contribution in [3.8, 4) is 5.75 Å². The summed E-state index contributed by atoms with van der Waals surface area (Å²) in [7, 11) is -3.57. The summed E-state index contributed by atoms with van der Waals surface area (Å²) < 4.78 is 31.5. The minimum atomic E-state index is -3.57. The van der Waals surface area contributed by atoms with Crippen molar-refractivity contribution in [2.45, 2.75) is 37.3 Å². The fraction of sp³-hybridized carbons (Fsp3) is 0.500. The van der Waals surface area contributed by atoms with Crippen molar-refractivity contribution in [2.75, 3.05) is 13.2 Å². The first-order valence-electron chi connectivity index (χ1n) is 6.65. The SMILES string of the molecule is Cc1cnn2cc(OCCO)c(S(=O)(=O)C(C)(C)C)cc12. The Kier molecular flexibility index (Phi) is 3.99. The minimum absolute atomic E-state index is 0.0262. The van der Waals surface area contributed by atoms with E-state index in [9.17, 15) is 8.42 Å². The molecule has 0 radical (unpaired) electrons. The molecule has 0 aliphatic carbocycles. The van der Waals surface area contributed by atoms with Crippen molar-refractivity contribution in [3.63, 3.8) is 0 Å². The smallest absolute Gasteiger partial charge is 0.187 e. The highest BCUT2D eigenvalue weighted by atomic mass is 32.2. The number of pyridine rings is 1. The number of sulfone groups is 1. The zero-order valence-corrected chi connectivity index (χ0v) is 13.4. The fourth-order valence-corrected chi connectivity index (χ4v) is 3.22. The topological polar surface area (TPSA) is 80.9 Å². The number of aromatic nitrogens is 2. The summed E-state index contributed by atoms with van der Waals surface area (Å²) in [6, 6.07) is 1.58. The molecule has 0 aliphatic rings. The van der Waals surface area contributed by atoms with Crippen molar-refractivity contribution in [2.24, 2.45) is 0 Å². The van der Waals surface area contributed by atoms with Crippen LogP contribution in [-0.2, 0) is 9.84 Å². The highest BCUT2D eigenvalue weighted by Gasteiger charge is 2.34. The van der Waals surface area contributed by atoms with Gasteiger partial charge < -0.3 is 9.84 Å². The molecule has 2 heterocycles. The van der Waals surface area contributed by atoms with Gasteiger partial charge in [0.25, 0.3) is 0 Å². The molecular formula is C14H20N2O4S. The maximum atomic E-state index is 12.7. The third-order valence-corrected chi connectivity index (χ3v) is 5.73. The molecule has 0 atom stereocenters. The largest absolute Gasteiger partial charge is 0.488 e. The van der Waals surface area contributed by atoms with Crippen LogP contribution in [0.1, 0.15) is 26.3 Å². The van der Waals surface area contributed by atoms with Gasteiger partial charge in [-0.1, -0.05) is 0 Å². The van der Waals surface area contributed by atoms with Crippen molar-refractivity contribution in [3.05, 3.63) is 24.0 Å². The van der Waals surface area contributed by atoms with Gasteiger partial charge in [0, 0.05) is 0 Å². The summed E-state index contributed by atoms with van der Waals surface area (Å²) in [6.45, 7) is 6.64. The van der Waals surface area contributed by atoms with Crippen LogP contribution in [0.15, 0.2) is 23.4 Å². The number of nitrogens with zero attached hydrogens (tertiary/aromatic N) is 2. The van der Waals surface area contributed by atoms with Crippen LogP contribution < -0.4 is 4.74 Å². The zero-order valence-electron chi connectivity index (χ0n) is 12.6. The van der Waals surface area contributed by atoms with Crippen LogP contribution in [0.25, 0.3) is 5.52 Å². The van der Waals surface area contributed by atoms with E-state index in [1.54, 1.807) is 37.5 Å². The lowest BCUT2D eigenvalue weighted by Crippen LogP contribution is -2.28. The Balaban J connectivity index is 2.71. The molecule has 21 heavy (non-hydrogen) atoms. The van der Waals surface area contributed by atoms with Gasteiger partial charge in [0.2, 0.25) is 0 Å². The molecular weight excluding hydrogens is 292 g/mol. The average Bonchev–Trinajstić information content (AvgIpc) is 2.75. The Morgan fingerprint density at radius 3 is 2.62 bits per heavy atom. The Hall–Kier alpha value is -1.60. The van der Waals surface area contributed by atoms with Gasteiger partial charge in [0.1, 0.15) is 11.5 Å². The number of aliphatic hydroxyl groups excluding tert-OH is 1. The molecule has 2 aromatic heterocycles. The van der Waals surface area contributed by atoms with Gasteiger partial charge in [-0.05, 0) is 39.3 Å². The molecule has 0 saturated carbocycles. The van der Waals surface area contributed by atoms with Gasteiger partial charge in [0.15, 0.2) is 15.6 Å². The minimum Gasteiger partial charge on any atom is -0.488 e. The molecule has 0 aliphatic heterocycles. The number of ether oxygens (including phenoxy) is 1. The second-order valence-electron chi connectivity index (χ2n) is 5.85. The number of fused-ring (bicyclic) bond motifs is 1. The monoisotopic (exact) mass is 312 g/mol. The zero-order chi connectivity index (χ0) is 15.8. The Morgan fingerprint density at radius 1 is 1.38 bits per heavy atom. The van der Waals surface area contributed by atoms with Gasteiger partial charge in [-0.3, -0.25) is 0 Å². The maximum Gasteiger partial charge on any atom is 0.187 e. The average molecular weight is 312 g/mol. The Labute approximate surface area is 124 Å². The molecule has 0 bridgehead atoms. The molecule has 0 spiro atoms. The summed E-state index contributed by atoms with van der Waals surface area (Å²) in [6.07, 6.45) is 3.20. The highest BCUT2D eigenvalue weighted by molar-refractivity contribution is 7.92. The first kappa shape index (κ1) is 15.8. The number of aryl methyl sites for hydroxylation is 1. The van der Waals surface area contributed by atoms with Crippen LogP contribution in [0, 0.1) is 6.92 Å². The number of aliphatic hydroxyl groups is 1. The van der Waals surface area contributed by atoms with E-state index in [0.717, 1.165) is 5.56 Å². The highest BCUT2D eigenvalue weighted by Crippen LogP contribution is 2.33.